The summed E-state index contributed by atoms with van der Waals surface area (Å²) in [7, 11) is 0. The van der Waals surface area contributed by atoms with Crippen LogP contribution in [0.3, 0.4) is 0 Å². The number of hydrogen-bond acceptors (Lipinski definition) is 3. The molecular weight excluding hydrogens is 258 g/mol. The van der Waals surface area contributed by atoms with E-state index in [4.69, 9.17) is 0 Å². The SMILES string of the molecule is CCNC1CCCN(CCN(CC)CC)c2ccccc21. The average Bonchev–Trinajstić information content (AvgIpc) is 2.69. The Balaban J connectivity index is 2.13. The Morgan fingerprint density at radius 1 is 1.19 bits per heavy atom. The molecule has 0 fully saturated rings. The number of nitrogens with one attached hydrogen (secondary N) is 1. The Bertz CT molecular complexity index is 415. The molecule has 0 radical (unpaired) electrons. The fourth-order valence-corrected chi connectivity index (χ4v) is 3.33. The lowest BCUT2D eigenvalue weighted by molar-refractivity contribution is 0.309. The van der Waals surface area contributed by atoms with Crippen LogP contribution in [-0.4, -0.2) is 44.2 Å². The van der Waals surface area contributed by atoms with Crippen molar-refractivity contribution in [2.75, 3.05) is 44.2 Å². The Hall–Kier alpha value is -1.06. The number of nitrogens with zero attached hydrogens (tertiary/aromatic N) is 2. The van der Waals surface area contributed by atoms with Gasteiger partial charge in [-0.1, -0.05) is 39.0 Å². The smallest absolute Gasteiger partial charge is 0.0415 e. The molecule has 0 saturated heterocycles. The molecule has 0 aromatic heterocycles. The van der Waals surface area contributed by atoms with E-state index in [0.29, 0.717) is 6.04 Å². The molecule has 3 nitrogen and oxygen atoms in total. The van der Waals surface area contributed by atoms with Gasteiger partial charge in [0, 0.05) is 31.4 Å². The number of para-hydroxylation sites is 1. The first kappa shape index (κ1) is 16.3. The van der Waals surface area contributed by atoms with E-state index in [2.05, 4.69) is 60.2 Å². The third kappa shape index (κ3) is 4.21. The summed E-state index contributed by atoms with van der Waals surface area (Å²) in [5.41, 5.74) is 2.92. The van der Waals surface area contributed by atoms with Crippen LogP contribution in [0.4, 0.5) is 5.69 Å². The summed E-state index contributed by atoms with van der Waals surface area (Å²) in [5.74, 6) is 0. The summed E-state index contributed by atoms with van der Waals surface area (Å²) < 4.78 is 0. The predicted octanol–water partition coefficient (Wildman–Crippen LogP) is 3.28. The van der Waals surface area contributed by atoms with Gasteiger partial charge < -0.3 is 15.1 Å². The number of anilines is 1. The van der Waals surface area contributed by atoms with Gasteiger partial charge in [0.25, 0.3) is 0 Å². The van der Waals surface area contributed by atoms with Crippen molar-refractivity contribution in [3.63, 3.8) is 0 Å². The molecule has 1 unspecified atom stereocenters. The van der Waals surface area contributed by atoms with Crippen LogP contribution < -0.4 is 10.2 Å². The highest BCUT2D eigenvalue weighted by molar-refractivity contribution is 5.55. The first-order chi connectivity index (χ1) is 10.3. The van der Waals surface area contributed by atoms with Crippen molar-refractivity contribution in [3.05, 3.63) is 29.8 Å². The van der Waals surface area contributed by atoms with Gasteiger partial charge in [0.05, 0.1) is 0 Å². The molecule has 1 N–H and O–H groups in total. The highest BCUT2D eigenvalue weighted by Crippen LogP contribution is 2.32. The second-order valence-corrected chi connectivity index (χ2v) is 5.83. The monoisotopic (exact) mass is 289 g/mol. The van der Waals surface area contributed by atoms with Gasteiger partial charge in [-0.15, -0.1) is 0 Å². The standard InChI is InChI=1S/C18H31N3/c1-4-19-17-11-9-13-21(15-14-20(5-2)6-3)18-12-8-7-10-16(17)18/h7-8,10,12,17,19H,4-6,9,11,13-15H2,1-3H3. The van der Waals surface area contributed by atoms with Gasteiger partial charge in [-0.3, -0.25) is 0 Å². The number of rotatable bonds is 7. The molecule has 1 aliphatic rings. The van der Waals surface area contributed by atoms with Crippen LogP contribution in [-0.2, 0) is 0 Å². The van der Waals surface area contributed by atoms with Crippen molar-refractivity contribution < 1.29 is 0 Å². The highest BCUT2D eigenvalue weighted by Gasteiger charge is 2.21. The van der Waals surface area contributed by atoms with E-state index < -0.39 is 0 Å². The molecule has 0 spiro atoms. The molecule has 0 bridgehead atoms. The fraction of sp³-hybridized carbons (Fsp3) is 0.667. The minimum Gasteiger partial charge on any atom is -0.370 e. The molecule has 1 heterocycles. The normalized spacial score (nSPS) is 18.7. The maximum absolute atomic E-state index is 3.65. The lowest BCUT2D eigenvalue weighted by Crippen LogP contribution is -2.35. The summed E-state index contributed by atoms with van der Waals surface area (Å²) in [6, 6.07) is 9.48. The Labute approximate surface area is 130 Å². The van der Waals surface area contributed by atoms with Gasteiger partial charge >= 0.3 is 0 Å². The number of fused-ring (bicyclic) bond motifs is 1. The zero-order chi connectivity index (χ0) is 15.1. The summed E-state index contributed by atoms with van der Waals surface area (Å²) in [6.07, 6.45) is 2.51. The lowest BCUT2D eigenvalue weighted by Gasteiger charge is -2.28. The second-order valence-electron chi connectivity index (χ2n) is 5.83. The van der Waals surface area contributed by atoms with E-state index in [9.17, 15) is 0 Å². The van der Waals surface area contributed by atoms with Crippen molar-refractivity contribution in [3.8, 4) is 0 Å². The van der Waals surface area contributed by atoms with Gasteiger partial charge in [0.2, 0.25) is 0 Å². The van der Waals surface area contributed by atoms with Gasteiger partial charge in [-0.05, 0) is 44.1 Å². The largest absolute Gasteiger partial charge is 0.370 e. The maximum atomic E-state index is 3.65. The second kappa shape index (κ2) is 8.40. The molecule has 0 amide bonds. The molecule has 1 aromatic carbocycles. The zero-order valence-electron chi connectivity index (χ0n) is 13.9. The summed E-state index contributed by atoms with van der Waals surface area (Å²) in [6.45, 7) is 13.5. The summed E-state index contributed by atoms with van der Waals surface area (Å²) in [4.78, 5) is 5.10. The van der Waals surface area contributed by atoms with E-state index in [1.165, 1.54) is 30.6 Å². The van der Waals surface area contributed by atoms with Gasteiger partial charge in [-0.25, -0.2) is 0 Å². The molecular formula is C18H31N3. The van der Waals surface area contributed by atoms with Crippen molar-refractivity contribution in [2.24, 2.45) is 0 Å². The predicted molar refractivity (Wildman–Crippen MR) is 92.1 cm³/mol. The van der Waals surface area contributed by atoms with Crippen LogP contribution in [0, 0.1) is 0 Å². The molecule has 1 aliphatic heterocycles. The van der Waals surface area contributed by atoms with Crippen LogP contribution in [0.1, 0.15) is 45.2 Å². The van der Waals surface area contributed by atoms with E-state index in [0.717, 1.165) is 32.7 Å². The third-order valence-electron chi connectivity index (χ3n) is 4.60. The Morgan fingerprint density at radius 2 is 1.95 bits per heavy atom. The molecule has 1 aromatic rings. The van der Waals surface area contributed by atoms with E-state index in [1.807, 2.05) is 0 Å². The van der Waals surface area contributed by atoms with Crippen molar-refractivity contribution in [2.45, 2.75) is 39.7 Å². The molecule has 1 atom stereocenters. The topological polar surface area (TPSA) is 18.5 Å². The van der Waals surface area contributed by atoms with Crippen LogP contribution in [0.15, 0.2) is 24.3 Å². The first-order valence-electron chi connectivity index (χ1n) is 8.59. The molecule has 21 heavy (non-hydrogen) atoms. The zero-order valence-corrected chi connectivity index (χ0v) is 13.9. The minimum atomic E-state index is 0.518. The molecule has 0 saturated carbocycles. The Morgan fingerprint density at radius 3 is 2.67 bits per heavy atom. The molecule has 0 aliphatic carbocycles. The van der Waals surface area contributed by atoms with Crippen molar-refractivity contribution in [1.29, 1.82) is 0 Å². The highest BCUT2D eigenvalue weighted by atomic mass is 15.2. The number of likely N-dealkylation sites (N-methyl/N-ethyl adjacent to an activating group) is 1. The average molecular weight is 289 g/mol. The number of benzene rings is 1. The Kier molecular flexibility index (Phi) is 6.52. The third-order valence-corrected chi connectivity index (χ3v) is 4.60. The van der Waals surface area contributed by atoms with Crippen LogP contribution in [0.25, 0.3) is 0 Å². The van der Waals surface area contributed by atoms with Crippen LogP contribution in [0.5, 0.6) is 0 Å². The van der Waals surface area contributed by atoms with E-state index >= 15 is 0 Å². The van der Waals surface area contributed by atoms with Crippen molar-refractivity contribution >= 4 is 5.69 Å². The van der Waals surface area contributed by atoms with Gasteiger partial charge in [0.15, 0.2) is 0 Å². The van der Waals surface area contributed by atoms with E-state index in [1.54, 1.807) is 0 Å². The molecule has 3 heteroatoms. The van der Waals surface area contributed by atoms with Gasteiger partial charge in [0.1, 0.15) is 0 Å². The fourth-order valence-electron chi connectivity index (χ4n) is 3.33. The van der Waals surface area contributed by atoms with Crippen molar-refractivity contribution in [1.82, 2.24) is 10.2 Å². The van der Waals surface area contributed by atoms with E-state index in [-0.39, 0.29) is 0 Å². The molecule has 118 valence electrons. The maximum Gasteiger partial charge on any atom is 0.0415 e. The van der Waals surface area contributed by atoms with Gasteiger partial charge in [-0.2, -0.15) is 0 Å². The van der Waals surface area contributed by atoms with Crippen LogP contribution in [0.2, 0.25) is 0 Å². The first-order valence-corrected chi connectivity index (χ1v) is 8.59. The summed E-state index contributed by atoms with van der Waals surface area (Å²) >= 11 is 0. The molecule has 2 rings (SSSR count). The number of hydrogen-bond donors (Lipinski definition) is 1. The quantitative estimate of drug-likeness (QED) is 0.831. The summed E-state index contributed by atoms with van der Waals surface area (Å²) in [5, 5.41) is 3.65. The minimum absolute atomic E-state index is 0.518. The van der Waals surface area contributed by atoms with Crippen LogP contribution >= 0.6 is 0 Å². The lowest BCUT2D eigenvalue weighted by atomic mass is 10.0.